The molecule has 0 radical (unpaired) electrons. The zero-order valence-electron chi connectivity index (χ0n) is 10.4. The van der Waals surface area contributed by atoms with E-state index in [0.717, 1.165) is 23.3 Å². The highest BCUT2D eigenvalue weighted by atomic mass is 35.5. The van der Waals surface area contributed by atoms with Gasteiger partial charge in [-0.05, 0) is 36.3 Å². The fourth-order valence-electron chi connectivity index (χ4n) is 2.22. The number of aromatic nitrogens is 3. The van der Waals surface area contributed by atoms with E-state index in [4.69, 9.17) is 23.8 Å². The molecule has 5 heteroatoms. The summed E-state index contributed by atoms with van der Waals surface area (Å²) < 4.78 is 2.59. The normalized spacial score (nSPS) is 11.1. The van der Waals surface area contributed by atoms with E-state index in [-0.39, 0.29) is 0 Å². The van der Waals surface area contributed by atoms with Gasteiger partial charge in [0, 0.05) is 6.20 Å². The second-order valence-corrected chi connectivity index (χ2v) is 5.10. The predicted octanol–water partition coefficient (Wildman–Crippen LogP) is 4.30. The third-order valence-electron chi connectivity index (χ3n) is 3.10. The van der Waals surface area contributed by atoms with E-state index >= 15 is 0 Å². The second kappa shape index (κ2) is 4.79. The monoisotopic (exact) mass is 289 g/mol. The lowest BCUT2D eigenvalue weighted by Gasteiger charge is -2.09. The maximum Gasteiger partial charge on any atom is 0.184 e. The molecule has 0 saturated carbocycles. The molecule has 0 aliphatic carbocycles. The van der Waals surface area contributed by atoms with E-state index in [1.165, 1.54) is 5.56 Å². The molecule has 0 aliphatic rings. The summed E-state index contributed by atoms with van der Waals surface area (Å²) in [7, 11) is 0. The summed E-state index contributed by atoms with van der Waals surface area (Å²) in [6.07, 6.45) is 2.58. The molecule has 3 aromatic rings. The van der Waals surface area contributed by atoms with Gasteiger partial charge >= 0.3 is 0 Å². The Morgan fingerprint density at radius 2 is 2.16 bits per heavy atom. The smallest absolute Gasteiger partial charge is 0.184 e. The Balaban J connectivity index is 2.36. The lowest BCUT2D eigenvalue weighted by Crippen LogP contribution is -1.99. The molecule has 1 N–H and O–H groups in total. The number of benzene rings is 1. The molecule has 0 aliphatic heterocycles. The zero-order chi connectivity index (χ0) is 13.4. The number of halogens is 1. The number of nitrogens with one attached hydrogen (secondary N) is 1. The molecule has 0 saturated heterocycles. The van der Waals surface area contributed by atoms with Crippen molar-refractivity contribution in [3.8, 4) is 5.69 Å². The number of imidazole rings is 1. The molecule has 96 valence electrons. The lowest BCUT2D eigenvalue weighted by molar-refractivity contribution is 0.997. The Bertz CT molecular complexity index is 804. The molecular weight excluding hydrogens is 278 g/mol. The largest absolute Gasteiger partial charge is 0.329 e. The molecule has 2 aromatic heterocycles. The summed E-state index contributed by atoms with van der Waals surface area (Å²) in [5.41, 5.74) is 3.95. The fraction of sp³-hybridized carbons (Fsp3) is 0.143. The lowest BCUT2D eigenvalue weighted by atomic mass is 10.1. The highest BCUT2D eigenvalue weighted by molar-refractivity contribution is 7.71. The van der Waals surface area contributed by atoms with Crippen LogP contribution in [0.5, 0.6) is 0 Å². The first-order valence-corrected chi connectivity index (χ1v) is 6.84. The SMILES string of the molecule is CCc1ccccc1-n1c(=S)[nH]c2cc(Cl)cnc21. The molecule has 19 heavy (non-hydrogen) atoms. The van der Waals surface area contributed by atoms with Crippen LogP contribution in [0, 0.1) is 4.77 Å². The van der Waals surface area contributed by atoms with E-state index in [2.05, 4.69) is 29.0 Å². The van der Waals surface area contributed by atoms with Crippen LogP contribution in [-0.4, -0.2) is 14.5 Å². The molecule has 1 aromatic carbocycles. The number of rotatable bonds is 2. The van der Waals surface area contributed by atoms with E-state index in [0.29, 0.717) is 9.79 Å². The first kappa shape index (κ1) is 12.4. The van der Waals surface area contributed by atoms with Gasteiger partial charge in [-0.25, -0.2) is 4.98 Å². The van der Waals surface area contributed by atoms with Crippen molar-refractivity contribution in [1.82, 2.24) is 14.5 Å². The van der Waals surface area contributed by atoms with Gasteiger partial charge in [-0.15, -0.1) is 0 Å². The molecule has 0 amide bonds. The summed E-state index contributed by atoms with van der Waals surface area (Å²) in [5.74, 6) is 0. The van der Waals surface area contributed by atoms with Crippen molar-refractivity contribution >= 4 is 35.0 Å². The van der Waals surface area contributed by atoms with Crippen LogP contribution >= 0.6 is 23.8 Å². The number of H-pyrrole nitrogens is 1. The maximum atomic E-state index is 5.96. The van der Waals surface area contributed by atoms with Crippen LogP contribution in [-0.2, 0) is 6.42 Å². The highest BCUT2D eigenvalue weighted by Crippen LogP contribution is 2.23. The van der Waals surface area contributed by atoms with Crippen LogP contribution in [0.1, 0.15) is 12.5 Å². The fourth-order valence-corrected chi connectivity index (χ4v) is 2.67. The number of nitrogens with zero attached hydrogens (tertiary/aromatic N) is 2. The number of hydrogen-bond donors (Lipinski definition) is 1. The Morgan fingerprint density at radius 3 is 2.95 bits per heavy atom. The minimum Gasteiger partial charge on any atom is -0.329 e. The molecule has 3 nitrogen and oxygen atoms in total. The van der Waals surface area contributed by atoms with Crippen molar-refractivity contribution in [2.75, 3.05) is 0 Å². The molecule has 0 bridgehead atoms. The standard InChI is InChI=1S/C14H12ClN3S/c1-2-9-5-3-4-6-12(9)18-13-11(17-14(18)19)7-10(15)8-16-13/h3-8H,2H2,1H3,(H,17,19). The Kier molecular flexibility index (Phi) is 3.12. The van der Waals surface area contributed by atoms with E-state index in [1.54, 1.807) is 6.20 Å². The number of fused-ring (bicyclic) bond motifs is 1. The summed E-state index contributed by atoms with van der Waals surface area (Å²) in [6.45, 7) is 2.13. The van der Waals surface area contributed by atoms with Crippen molar-refractivity contribution in [3.05, 3.63) is 51.9 Å². The summed E-state index contributed by atoms with van der Waals surface area (Å²) in [4.78, 5) is 7.53. The van der Waals surface area contributed by atoms with Crippen molar-refractivity contribution in [1.29, 1.82) is 0 Å². The predicted molar refractivity (Wildman–Crippen MR) is 80.6 cm³/mol. The molecular formula is C14H12ClN3S. The molecule has 0 unspecified atom stereocenters. The number of para-hydroxylation sites is 1. The van der Waals surface area contributed by atoms with E-state index in [1.807, 2.05) is 22.8 Å². The van der Waals surface area contributed by atoms with Crippen LogP contribution in [0.15, 0.2) is 36.5 Å². The Labute approximate surface area is 120 Å². The van der Waals surface area contributed by atoms with Crippen molar-refractivity contribution < 1.29 is 0 Å². The average molecular weight is 290 g/mol. The summed E-state index contributed by atoms with van der Waals surface area (Å²) >= 11 is 11.4. The van der Waals surface area contributed by atoms with Crippen molar-refractivity contribution in [2.24, 2.45) is 0 Å². The van der Waals surface area contributed by atoms with Gasteiger partial charge in [0.05, 0.1) is 16.2 Å². The molecule has 0 atom stereocenters. The van der Waals surface area contributed by atoms with Gasteiger partial charge < -0.3 is 4.98 Å². The quantitative estimate of drug-likeness (QED) is 0.714. The second-order valence-electron chi connectivity index (χ2n) is 4.27. The topological polar surface area (TPSA) is 33.6 Å². The van der Waals surface area contributed by atoms with Gasteiger partial charge in [-0.1, -0.05) is 36.7 Å². The maximum absolute atomic E-state index is 5.96. The average Bonchev–Trinajstić information content (AvgIpc) is 2.73. The summed E-state index contributed by atoms with van der Waals surface area (Å²) in [5, 5.41) is 0.597. The molecule has 0 spiro atoms. The Morgan fingerprint density at radius 1 is 1.37 bits per heavy atom. The van der Waals surface area contributed by atoms with Gasteiger partial charge in [0.25, 0.3) is 0 Å². The van der Waals surface area contributed by atoms with Gasteiger partial charge in [-0.3, -0.25) is 4.57 Å². The number of aryl methyl sites for hydroxylation is 1. The Hall–Kier alpha value is -1.65. The minimum absolute atomic E-state index is 0.597. The van der Waals surface area contributed by atoms with Crippen LogP contribution in [0.3, 0.4) is 0 Å². The van der Waals surface area contributed by atoms with Gasteiger partial charge in [0.1, 0.15) is 0 Å². The van der Waals surface area contributed by atoms with Crippen LogP contribution in [0.2, 0.25) is 5.02 Å². The third-order valence-corrected chi connectivity index (χ3v) is 3.59. The minimum atomic E-state index is 0.597. The van der Waals surface area contributed by atoms with Gasteiger partial charge in [0.15, 0.2) is 10.4 Å². The number of pyridine rings is 1. The third kappa shape index (κ3) is 2.07. The van der Waals surface area contributed by atoms with Gasteiger partial charge in [-0.2, -0.15) is 0 Å². The molecule has 0 fully saturated rings. The van der Waals surface area contributed by atoms with Crippen LogP contribution < -0.4 is 0 Å². The van der Waals surface area contributed by atoms with Crippen LogP contribution in [0.25, 0.3) is 16.9 Å². The van der Waals surface area contributed by atoms with Gasteiger partial charge in [0.2, 0.25) is 0 Å². The summed E-state index contributed by atoms with van der Waals surface area (Å²) in [6, 6.07) is 10.0. The molecule has 2 heterocycles. The first-order chi connectivity index (χ1) is 9.20. The zero-order valence-corrected chi connectivity index (χ0v) is 11.9. The molecule has 3 rings (SSSR count). The van der Waals surface area contributed by atoms with Crippen molar-refractivity contribution in [3.63, 3.8) is 0 Å². The van der Waals surface area contributed by atoms with Crippen molar-refractivity contribution in [2.45, 2.75) is 13.3 Å². The number of hydrogen-bond acceptors (Lipinski definition) is 2. The van der Waals surface area contributed by atoms with E-state index < -0.39 is 0 Å². The van der Waals surface area contributed by atoms with Crippen LogP contribution in [0.4, 0.5) is 0 Å². The van der Waals surface area contributed by atoms with E-state index in [9.17, 15) is 0 Å². The first-order valence-electron chi connectivity index (χ1n) is 6.05. The highest BCUT2D eigenvalue weighted by Gasteiger charge is 2.10. The number of aromatic amines is 1.